The predicted octanol–water partition coefficient (Wildman–Crippen LogP) is 5.71. The number of ether oxygens (including phenoxy) is 1. The van der Waals surface area contributed by atoms with Crippen molar-refractivity contribution in [2.75, 3.05) is 23.1 Å². The number of fused-ring (bicyclic) bond motifs is 1. The fourth-order valence-corrected chi connectivity index (χ4v) is 4.72. The van der Waals surface area contributed by atoms with E-state index in [1.807, 2.05) is 0 Å². The van der Waals surface area contributed by atoms with E-state index in [-0.39, 0.29) is 29.6 Å². The van der Waals surface area contributed by atoms with Gasteiger partial charge in [-0.3, -0.25) is 19.4 Å². The van der Waals surface area contributed by atoms with E-state index in [0.29, 0.717) is 24.3 Å². The standard InChI is InChI=1S/C27H29F3N2O3Si/c1-36(2,3)18-17-35-19-31-22-11-7-8-12-23(22)32(24(33)21-9-5-4-6-10-21)26(25(31)34,27(28,29)30)16-15-20-13-14-20/h4-12,20H,13-14,17-19H2,1-3H3. The van der Waals surface area contributed by atoms with Crippen LogP contribution in [0.5, 0.6) is 0 Å². The van der Waals surface area contributed by atoms with Crippen molar-refractivity contribution in [3.63, 3.8) is 0 Å². The van der Waals surface area contributed by atoms with Gasteiger partial charge in [0, 0.05) is 26.2 Å². The summed E-state index contributed by atoms with van der Waals surface area (Å²) >= 11 is 0. The lowest BCUT2D eigenvalue weighted by atomic mass is 9.89. The number of alkyl halides is 3. The highest BCUT2D eigenvalue weighted by atomic mass is 28.3. The number of anilines is 2. The molecule has 2 amide bonds. The molecule has 0 spiro atoms. The second-order valence-electron chi connectivity index (χ2n) is 10.3. The number of halogens is 3. The molecular weight excluding hydrogens is 485 g/mol. The molecule has 0 aromatic heterocycles. The number of hydrogen-bond acceptors (Lipinski definition) is 3. The van der Waals surface area contributed by atoms with E-state index >= 15 is 13.2 Å². The summed E-state index contributed by atoms with van der Waals surface area (Å²) in [5.74, 6) is 2.40. The molecule has 36 heavy (non-hydrogen) atoms. The molecule has 9 heteroatoms. The zero-order valence-corrected chi connectivity index (χ0v) is 21.6. The Morgan fingerprint density at radius 2 is 1.67 bits per heavy atom. The summed E-state index contributed by atoms with van der Waals surface area (Å²) in [6.45, 7) is 6.44. The highest BCUT2D eigenvalue weighted by molar-refractivity contribution is 6.76. The molecule has 0 radical (unpaired) electrons. The van der Waals surface area contributed by atoms with Crippen LogP contribution < -0.4 is 9.80 Å². The molecule has 2 aromatic carbocycles. The Morgan fingerprint density at radius 3 is 2.25 bits per heavy atom. The summed E-state index contributed by atoms with van der Waals surface area (Å²) < 4.78 is 51.0. The molecule has 1 saturated carbocycles. The Bertz CT molecular complexity index is 1200. The first-order chi connectivity index (χ1) is 17.0. The number of hydrogen-bond donors (Lipinski definition) is 0. The summed E-state index contributed by atoms with van der Waals surface area (Å²) in [7, 11) is -1.46. The molecule has 2 aromatic rings. The molecule has 1 aliphatic carbocycles. The summed E-state index contributed by atoms with van der Waals surface area (Å²) in [4.78, 5) is 29.0. The zero-order chi connectivity index (χ0) is 26.1. The van der Waals surface area contributed by atoms with Crippen molar-refractivity contribution in [2.45, 2.75) is 50.2 Å². The molecule has 0 saturated heterocycles. The highest BCUT2D eigenvalue weighted by Crippen LogP contribution is 2.48. The fourth-order valence-electron chi connectivity index (χ4n) is 3.96. The Morgan fingerprint density at radius 1 is 1.06 bits per heavy atom. The number of benzene rings is 2. The predicted molar refractivity (Wildman–Crippen MR) is 135 cm³/mol. The first kappa shape index (κ1) is 26.0. The van der Waals surface area contributed by atoms with Gasteiger partial charge in [-0.1, -0.05) is 61.8 Å². The van der Waals surface area contributed by atoms with Gasteiger partial charge in [-0.15, -0.1) is 0 Å². The monoisotopic (exact) mass is 514 g/mol. The molecule has 1 atom stereocenters. The van der Waals surface area contributed by atoms with Gasteiger partial charge in [0.1, 0.15) is 6.73 Å². The molecule has 190 valence electrons. The first-order valence-corrected chi connectivity index (χ1v) is 15.6. The van der Waals surface area contributed by atoms with Crippen LogP contribution in [0.3, 0.4) is 0 Å². The maximum atomic E-state index is 15.1. The molecule has 1 heterocycles. The van der Waals surface area contributed by atoms with Gasteiger partial charge in [0.15, 0.2) is 0 Å². The SMILES string of the molecule is C[Si](C)(C)CCOCN1C(=O)C(C#CC2CC2)(C(F)(F)F)N(C(=O)c2ccccc2)c2ccccc21. The van der Waals surface area contributed by atoms with Crippen LogP contribution in [0.1, 0.15) is 23.2 Å². The molecule has 2 aliphatic rings. The Hall–Kier alpha value is -3.09. The normalized spacial score (nSPS) is 20.0. The number of rotatable bonds is 6. The zero-order valence-electron chi connectivity index (χ0n) is 20.6. The lowest BCUT2D eigenvalue weighted by Crippen LogP contribution is -2.71. The number of amides is 2. The minimum atomic E-state index is -5.17. The molecule has 0 bridgehead atoms. The van der Waals surface area contributed by atoms with Crippen LogP contribution >= 0.6 is 0 Å². The van der Waals surface area contributed by atoms with E-state index in [1.54, 1.807) is 30.3 Å². The molecule has 1 fully saturated rings. The van der Waals surface area contributed by atoms with E-state index in [0.717, 1.165) is 10.9 Å². The van der Waals surface area contributed by atoms with E-state index in [4.69, 9.17) is 4.74 Å². The molecule has 1 unspecified atom stereocenters. The van der Waals surface area contributed by atoms with E-state index in [2.05, 4.69) is 31.5 Å². The summed E-state index contributed by atoms with van der Waals surface area (Å²) in [6.07, 6.45) is -3.83. The van der Waals surface area contributed by atoms with Crippen molar-refractivity contribution in [3.05, 3.63) is 60.2 Å². The van der Waals surface area contributed by atoms with Crippen molar-refractivity contribution >= 4 is 31.3 Å². The summed E-state index contributed by atoms with van der Waals surface area (Å²) in [6, 6.07) is 14.5. The average Bonchev–Trinajstić information content (AvgIpc) is 3.65. The van der Waals surface area contributed by atoms with Crippen LogP contribution in [0.4, 0.5) is 24.5 Å². The van der Waals surface area contributed by atoms with Gasteiger partial charge in [-0.05, 0) is 43.2 Å². The van der Waals surface area contributed by atoms with Crippen molar-refractivity contribution in [1.82, 2.24) is 0 Å². The maximum Gasteiger partial charge on any atom is 0.432 e. The third-order valence-electron chi connectivity index (χ3n) is 6.19. The van der Waals surface area contributed by atoms with Crippen molar-refractivity contribution in [2.24, 2.45) is 5.92 Å². The average molecular weight is 515 g/mol. The van der Waals surface area contributed by atoms with E-state index in [1.165, 1.54) is 24.3 Å². The van der Waals surface area contributed by atoms with Crippen LogP contribution in [0, 0.1) is 17.8 Å². The van der Waals surface area contributed by atoms with Crippen LogP contribution in [0.15, 0.2) is 54.6 Å². The largest absolute Gasteiger partial charge is 0.432 e. The molecular formula is C27H29F3N2O3Si. The first-order valence-electron chi connectivity index (χ1n) is 11.9. The van der Waals surface area contributed by atoms with Crippen LogP contribution in [0.2, 0.25) is 25.7 Å². The Labute approximate surface area is 210 Å². The van der Waals surface area contributed by atoms with Gasteiger partial charge in [0.05, 0.1) is 11.4 Å². The minimum absolute atomic E-state index is 0.0294. The summed E-state index contributed by atoms with van der Waals surface area (Å²) in [5.41, 5.74) is -3.21. The third-order valence-corrected chi connectivity index (χ3v) is 7.89. The topological polar surface area (TPSA) is 49.9 Å². The van der Waals surface area contributed by atoms with Gasteiger partial charge in [-0.2, -0.15) is 13.2 Å². The Balaban J connectivity index is 1.86. The van der Waals surface area contributed by atoms with E-state index < -0.39 is 31.6 Å². The number of nitrogens with zero attached hydrogens (tertiary/aromatic N) is 2. The quantitative estimate of drug-likeness (QED) is 0.282. The van der Waals surface area contributed by atoms with Crippen molar-refractivity contribution in [1.29, 1.82) is 0 Å². The number of carbonyl (C=O) groups is 2. The Kier molecular flexibility index (Phi) is 7.04. The third kappa shape index (κ3) is 5.06. The molecule has 0 N–H and O–H groups in total. The summed E-state index contributed by atoms with van der Waals surface area (Å²) in [5, 5.41) is 0. The molecule has 1 aliphatic heterocycles. The van der Waals surface area contributed by atoms with Crippen LogP contribution in [-0.4, -0.2) is 44.9 Å². The minimum Gasteiger partial charge on any atom is -0.361 e. The number of para-hydroxylation sites is 2. The lowest BCUT2D eigenvalue weighted by molar-refractivity contribution is -0.177. The highest BCUT2D eigenvalue weighted by Gasteiger charge is 2.69. The van der Waals surface area contributed by atoms with Gasteiger partial charge in [-0.25, -0.2) is 0 Å². The van der Waals surface area contributed by atoms with Crippen LogP contribution in [-0.2, 0) is 9.53 Å². The smallest absolute Gasteiger partial charge is 0.361 e. The van der Waals surface area contributed by atoms with Gasteiger partial charge in [0.25, 0.3) is 17.4 Å². The van der Waals surface area contributed by atoms with Crippen LogP contribution in [0.25, 0.3) is 0 Å². The molecule has 4 rings (SSSR count). The number of carbonyl (C=O) groups excluding carboxylic acids is 2. The lowest BCUT2D eigenvalue weighted by Gasteiger charge is -2.47. The van der Waals surface area contributed by atoms with Gasteiger partial charge >= 0.3 is 6.18 Å². The fraction of sp³-hybridized carbons (Fsp3) is 0.407. The maximum absolute atomic E-state index is 15.1. The molecule has 5 nitrogen and oxygen atoms in total. The van der Waals surface area contributed by atoms with Gasteiger partial charge in [0.2, 0.25) is 0 Å². The van der Waals surface area contributed by atoms with Gasteiger partial charge < -0.3 is 4.74 Å². The van der Waals surface area contributed by atoms with Crippen molar-refractivity contribution < 1.29 is 27.5 Å². The second kappa shape index (κ2) is 9.75. The van der Waals surface area contributed by atoms with Crippen molar-refractivity contribution in [3.8, 4) is 11.8 Å². The second-order valence-corrected chi connectivity index (χ2v) is 15.9. The van der Waals surface area contributed by atoms with E-state index in [9.17, 15) is 9.59 Å².